The first-order chi connectivity index (χ1) is 8.08. The van der Waals surface area contributed by atoms with Gasteiger partial charge >= 0.3 is 0 Å². The quantitative estimate of drug-likeness (QED) is 0.698. The third kappa shape index (κ3) is 4.48. The second-order valence-corrected chi connectivity index (χ2v) is 4.94. The van der Waals surface area contributed by atoms with Crippen molar-refractivity contribution in [3.8, 4) is 11.5 Å². The van der Waals surface area contributed by atoms with Crippen molar-refractivity contribution >= 4 is 31.9 Å². The summed E-state index contributed by atoms with van der Waals surface area (Å²) in [6.07, 6.45) is -0.292. The van der Waals surface area contributed by atoms with Crippen LogP contribution in [0.2, 0.25) is 0 Å². The van der Waals surface area contributed by atoms with E-state index in [0.717, 1.165) is 14.7 Å². The van der Waals surface area contributed by atoms with Crippen LogP contribution in [0.4, 0.5) is 0 Å². The third-order valence-electron chi connectivity index (χ3n) is 1.97. The minimum atomic E-state index is -0.292. The summed E-state index contributed by atoms with van der Waals surface area (Å²) in [6, 6.07) is 3.74. The van der Waals surface area contributed by atoms with E-state index in [-0.39, 0.29) is 6.29 Å². The molecular weight excluding hydrogens is 352 g/mol. The van der Waals surface area contributed by atoms with Gasteiger partial charge in [-0.15, -0.1) is 0 Å². The van der Waals surface area contributed by atoms with Crippen molar-refractivity contribution in [1.29, 1.82) is 0 Å². The van der Waals surface area contributed by atoms with Gasteiger partial charge in [-0.25, -0.2) is 0 Å². The van der Waals surface area contributed by atoms with Crippen LogP contribution in [0, 0.1) is 0 Å². The number of benzene rings is 1. The zero-order valence-electron chi connectivity index (χ0n) is 10.1. The van der Waals surface area contributed by atoms with Gasteiger partial charge in [0.1, 0.15) is 11.5 Å². The largest absolute Gasteiger partial charge is 0.494 e. The Labute approximate surface area is 119 Å². The molecule has 1 unspecified atom stereocenters. The minimum Gasteiger partial charge on any atom is -0.494 e. The van der Waals surface area contributed by atoms with Crippen molar-refractivity contribution in [2.45, 2.75) is 27.1 Å². The van der Waals surface area contributed by atoms with Crippen molar-refractivity contribution < 1.29 is 14.2 Å². The number of halogens is 2. The molecule has 1 aromatic rings. The predicted molar refractivity (Wildman–Crippen MR) is 74.7 cm³/mol. The Kier molecular flexibility index (Phi) is 6.30. The first kappa shape index (κ1) is 14.8. The zero-order valence-corrected chi connectivity index (χ0v) is 13.3. The normalized spacial score (nSPS) is 12.3. The highest BCUT2D eigenvalue weighted by Gasteiger charge is 2.12. The van der Waals surface area contributed by atoms with Gasteiger partial charge in [0.25, 0.3) is 0 Å². The lowest BCUT2D eigenvalue weighted by Gasteiger charge is -2.17. The Balaban J connectivity index is 2.88. The molecule has 0 aromatic heterocycles. The lowest BCUT2D eigenvalue weighted by Crippen LogP contribution is -2.16. The Morgan fingerprint density at radius 2 is 1.88 bits per heavy atom. The summed E-state index contributed by atoms with van der Waals surface area (Å²) in [4.78, 5) is 0. The van der Waals surface area contributed by atoms with Crippen LogP contribution < -0.4 is 9.47 Å². The summed E-state index contributed by atoms with van der Waals surface area (Å²) < 4.78 is 18.2. The molecule has 0 radical (unpaired) electrons. The molecule has 5 heteroatoms. The highest BCUT2D eigenvalue weighted by molar-refractivity contribution is 9.13. The Morgan fingerprint density at radius 1 is 1.18 bits per heavy atom. The molecular formula is C12H16Br2O3. The predicted octanol–water partition coefficient (Wildman–Crippen LogP) is 4.37. The fourth-order valence-electron chi connectivity index (χ4n) is 1.32. The lowest BCUT2D eigenvalue weighted by molar-refractivity contribution is -0.0618. The molecule has 0 fully saturated rings. The number of hydrogen-bond donors (Lipinski definition) is 0. The molecule has 0 saturated heterocycles. The molecule has 0 N–H and O–H groups in total. The highest BCUT2D eigenvalue weighted by atomic mass is 79.9. The summed E-state index contributed by atoms with van der Waals surface area (Å²) in [7, 11) is 0. The van der Waals surface area contributed by atoms with Crippen LogP contribution in [0.3, 0.4) is 0 Å². The van der Waals surface area contributed by atoms with Crippen LogP contribution in [0.25, 0.3) is 0 Å². The first-order valence-corrected chi connectivity index (χ1v) is 7.07. The maximum Gasteiger partial charge on any atom is 0.197 e. The van der Waals surface area contributed by atoms with E-state index in [1.54, 1.807) is 0 Å². The van der Waals surface area contributed by atoms with Gasteiger partial charge in [0, 0.05) is 17.1 Å². The van der Waals surface area contributed by atoms with Crippen LogP contribution in [-0.2, 0) is 4.74 Å². The lowest BCUT2D eigenvalue weighted by atomic mass is 10.3. The molecule has 0 heterocycles. The SMILES string of the molecule is CCOc1cc(Br)c(Br)c(OC(C)OCC)c1. The summed E-state index contributed by atoms with van der Waals surface area (Å²) >= 11 is 6.91. The molecule has 1 atom stereocenters. The third-order valence-corrected chi connectivity index (χ3v) is 3.95. The number of rotatable bonds is 6. The van der Waals surface area contributed by atoms with E-state index in [4.69, 9.17) is 14.2 Å². The molecule has 0 saturated carbocycles. The standard InChI is InChI=1S/C12H16Br2O3/c1-4-15-8(3)17-11-7-9(16-5-2)6-10(13)12(11)14/h6-8H,4-5H2,1-3H3. The van der Waals surface area contributed by atoms with Crippen molar-refractivity contribution in [2.24, 2.45) is 0 Å². The van der Waals surface area contributed by atoms with E-state index in [1.165, 1.54) is 0 Å². The molecule has 3 nitrogen and oxygen atoms in total. The first-order valence-electron chi connectivity index (χ1n) is 5.48. The van der Waals surface area contributed by atoms with E-state index >= 15 is 0 Å². The molecule has 1 aromatic carbocycles. The van der Waals surface area contributed by atoms with Crippen molar-refractivity contribution in [2.75, 3.05) is 13.2 Å². The molecule has 0 aliphatic heterocycles. The van der Waals surface area contributed by atoms with Gasteiger partial charge in [-0.3, -0.25) is 0 Å². The number of ether oxygens (including phenoxy) is 3. The summed E-state index contributed by atoms with van der Waals surface area (Å²) in [5.41, 5.74) is 0. The minimum absolute atomic E-state index is 0.292. The fraction of sp³-hybridized carbons (Fsp3) is 0.500. The summed E-state index contributed by atoms with van der Waals surface area (Å²) in [5, 5.41) is 0. The highest BCUT2D eigenvalue weighted by Crippen LogP contribution is 2.37. The molecule has 0 aliphatic rings. The average molecular weight is 368 g/mol. The monoisotopic (exact) mass is 366 g/mol. The maximum absolute atomic E-state index is 5.67. The molecule has 0 spiro atoms. The molecule has 1 rings (SSSR count). The Hall–Kier alpha value is -0.260. The van der Waals surface area contributed by atoms with E-state index in [1.807, 2.05) is 32.9 Å². The molecule has 0 amide bonds. The Bertz CT molecular complexity index is 369. The van der Waals surface area contributed by atoms with Crippen LogP contribution in [0.1, 0.15) is 20.8 Å². The summed E-state index contributed by atoms with van der Waals surface area (Å²) in [6.45, 7) is 6.97. The van der Waals surface area contributed by atoms with Crippen LogP contribution in [0.15, 0.2) is 21.1 Å². The maximum atomic E-state index is 5.67. The molecule has 0 aliphatic carbocycles. The van der Waals surface area contributed by atoms with Gasteiger partial charge in [-0.2, -0.15) is 0 Å². The molecule has 0 bridgehead atoms. The van der Waals surface area contributed by atoms with Gasteiger partial charge in [-0.05, 0) is 58.7 Å². The van der Waals surface area contributed by atoms with Crippen LogP contribution in [0.5, 0.6) is 11.5 Å². The van der Waals surface area contributed by atoms with Gasteiger partial charge in [0.15, 0.2) is 6.29 Å². The molecule has 96 valence electrons. The molecule has 17 heavy (non-hydrogen) atoms. The topological polar surface area (TPSA) is 27.7 Å². The van der Waals surface area contributed by atoms with Crippen LogP contribution in [-0.4, -0.2) is 19.5 Å². The van der Waals surface area contributed by atoms with E-state index < -0.39 is 0 Å². The van der Waals surface area contributed by atoms with Crippen LogP contribution >= 0.6 is 31.9 Å². The summed E-state index contributed by atoms with van der Waals surface area (Å²) in [5.74, 6) is 1.46. The fourth-order valence-corrected chi connectivity index (χ4v) is 2.07. The van der Waals surface area contributed by atoms with Gasteiger partial charge < -0.3 is 14.2 Å². The number of hydrogen-bond acceptors (Lipinski definition) is 3. The second kappa shape index (κ2) is 7.24. The van der Waals surface area contributed by atoms with E-state index in [2.05, 4.69) is 31.9 Å². The smallest absolute Gasteiger partial charge is 0.197 e. The van der Waals surface area contributed by atoms with Crippen molar-refractivity contribution in [3.63, 3.8) is 0 Å². The zero-order chi connectivity index (χ0) is 12.8. The second-order valence-electron chi connectivity index (χ2n) is 3.29. The Morgan fingerprint density at radius 3 is 2.47 bits per heavy atom. The van der Waals surface area contributed by atoms with Gasteiger partial charge in [-0.1, -0.05) is 0 Å². The average Bonchev–Trinajstić information content (AvgIpc) is 2.26. The van der Waals surface area contributed by atoms with E-state index in [0.29, 0.717) is 19.0 Å². The van der Waals surface area contributed by atoms with Gasteiger partial charge in [0.05, 0.1) is 11.1 Å². The van der Waals surface area contributed by atoms with Crippen molar-refractivity contribution in [3.05, 3.63) is 21.1 Å². The van der Waals surface area contributed by atoms with Gasteiger partial charge in [0.2, 0.25) is 0 Å². The van der Waals surface area contributed by atoms with Crippen molar-refractivity contribution in [1.82, 2.24) is 0 Å². The van der Waals surface area contributed by atoms with E-state index in [9.17, 15) is 0 Å².